The number of amides is 3. The van der Waals surface area contributed by atoms with E-state index >= 15 is 0 Å². The Morgan fingerprint density at radius 3 is 2.64 bits per heavy atom. The highest BCUT2D eigenvalue weighted by molar-refractivity contribution is 6.32. The minimum Gasteiger partial charge on any atom is -0.452 e. The minimum atomic E-state index is -0.850. The molecule has 0 aliphatic rings. The van der Waals surface area contributed by atoms with Crippen molar-refractivity contribution >= 4 is 41.3 Å². The number of nitrogens with one attached hydrogen (secondary N) is 2. The number of hydrogen-bond acceptors (Lipinski definition) is 6. The van der Waals surface area contributed by atoms with E-state index in [1.54, 1.807) is 13.8 Å². The van der Waals surface area contributed by atoms with Crippen molar-refractivity contribution in [1.82, 2.24) is 10.6 Å². The number of carbonyl (C=O) groups is 3. The predicted octanol–water partition coefficient (Wildman–Crippen LogP) is 2.04. The second-order valence-corrected chi connectivity index (χ2v) is 5.49. The van der Waals surface area contributed by atoms with E-state index in [1.165, 1.54) is 24.3 Å². The number of imide groups is 1. The van der Waals surface area contributed by atoms with Gasteiger partial charge in [-0.15, -0.1) is 0 Å². The van der Waals surface area contributed by atoms with Crippen molar-refractivity contribution in [2.24, 2.45) is 0 Å². The molecule has 0 radical (unpaired) electrons. The molecule has 2 N–H and O–H groups in total. The maximum Gasteiger partial charge on any atom is 0.331 e. The normalized spacial score (nSPS) is 10.6. The van der Waals surface area contributed by atoms with E-state index in [-0.39, 0.29) is 16.8 Å². The summed E-state index contributed by atoms with van der Waals surface area (Å²) in [5, 5.41) is 15.2. The molecule has 0 spiro atoms. The van der Waals surface area contributed by atoms with Crippen LogP contribution in [-0.2, 0) is 14.3 Å². The van der Waals surface area contributed by atoms with Crippen molar-refractivity contribution in [2.75, 3.05) is 6.61 Å². The smallest absolute Gasteiger partial charge is 0.331 e. The van der Waals surface area contributed by atoms with Gasteiger partial charge in [0.15, 0.2) is 6.61 Å². The van der Waals surface area contributed by atoms with E-state index in [1.807, 2.05) is 5.32 Å². The highest BCUT2D eigenvalue weighted by Gasteiger charge is 2.12. The molecule has 134 valence electrons. The van der Waals surface area contributed by atoms with Crippen LogP contribution in [0.5, 0.6) is 0 Å². The topological polar surface area (TPSA) is 128 Å². The third kappa shape index (κ3) is 7.44. The Hall–Kier alpha value is -2.94. The summed E-state index contributed by atoms with van der Waals surface area (Å²) in [6.07, 6.45) is 2.27. The van der Waals surface area contributed by atoms with Crippen LogP contribution in [0.3, 0.4) is 0 Å². The molecule has 0 bridgehead atoms. The van der Waals surface area contributed by atoms with E-state index in [9.17, 15) is 24.5 Å². The lowest BCUT2D eigenvalue weighted by atomic mass is 10.2. The Bertz CT molecular complexity index is 717. The lowest BCUT2D eigenvalue weighted by molar-refractivity contribution is -0.384. The quantitative estimate of drug-likeness (QED) is 0.342. The molecule has 10 heteroatoms. The summed E-state index contributed by atoms with van der Waals surface area (Å²) in [4.78, 5) is 44.3. The van der Waals surface area contributed by atoms with E-state index in [0.717, 1.165) is 6.08 Å². The van der Waals surface area contributed by atoms with Crippen molar-refractivity contribution in [3.8, 4) is 0 Å². The number of hydrogen-bond donors (Lipinski definition) is 2. The zero-order valence-electron chi connectivity index (χ0n) is 13.4. The Balaban J connectivity index is 2.53. The maximum absolute atomic E-state index is 11.5. The number of nitro benzene ring substituents is 1. The van der Waals surface area contributed by atoms with E-state index in [0.29, 0.717) is 5.56 Å². The number of esters is 1. The lowest BCUT2D eigenvalue weighted by Gasteiger charge is -2.08. The predicted molar refractivity (Wildman–Crippen MR) is 89.9 cm³/mol. The number of nitro groups is 1. The van der Waals surface area contributed by atoms with Gasteiger partial charge >= 0.3 is 12.0 Å². The highest BCUT2D eigenvalue weighted by Crippen LogP contribution is 2.25. The maximum atomic E-state index is 11.5. The van der Waals surface area contributed by atoms with E-state index in [4.69, 9.17) is 11.6 Å². The molecule has 25 heavy (non-hydrogen) atoms. The molecule has 0 aliphatic carbocycles. The van der Waals surface area contributed by atoms with Crippen LogP contribution in [0.2, 0.25) is 5.02 Å². The van der Waals surface area contributed by atoms with Gasteiger partial charge < -0.3 is 10.1 Å². The molecule has 0 aromatic heterocycles. The third-order valence-corrected chi connectivity index (χ3v) is 2.92. The highest BCUT2D eigenvalue weighted by atomic mass is 35.5. The van der Waals surface area contributed by atoms with Crippen LogP contribution < -0.4 is 10.6 Å². The van der Waals surface area contributed by atoms with Crippen LogP contribution in [0.25, 0.3) is 6.08 Å². The first-order chi connectivity index (χ1) is 11.7. The summed E-state index contributed by atoms with van der Waals surface area (Å²) >= 11 is 5.68. The van der Waals surface area contributed by atoms with Crippen LogP contribution >= 0.6 is 11.6 Å². The van der Waals surface area contributed by atoms with Crippen molar-refractivity contribution < 1.29 is 24.0 Å². The van der Waals surface area contributed by atoms with Gasteiger partial charge in [-0.25, -0.2) is 9.59 Å². The number of urea groups is 1. The molecule has 1 aromatic carbocycles. The number of carbonyl (C=O) groups excluding carboxylic acids is 3. The number of benzene rings is 1. The monoisotopic (exact) mass is 369 g/mol. The lowest BCUT2D eigenvalue weighted by Crippen LogP contribution is -2.43. The fraction of sp³-hybridized carbons (Fsp3) is 0.267. The summed E-state index contributed by atoms with van der Waals surface area (Å²) in [5.74, 6) is -1.64. The summed E-state index contributed by atoms with van der Waals surface area (Å²) in [7, 11) is 0. The van der Waals surface area contributed by atoms with Crippen molar-refractivity contribution in [3.63, 3.8) is 0 Å². The second-order valence-electron chi connectivity index (χ2n) is 5.09. The van der Waals surface area contributed by atoms with Gasteiger partial charge in [0, 0.05) is 18.2 Å². The SMILES string of the molecule is CC(C)NC(=O)NC(=O)COC(=O)/C=C/c1ccc(Cl)c([N+](=O)[O-])c1. The molecule has 1 aromatic rings. The molecular formula is C15H16ClN3O6. The molecule has 0 atom stereocenters. The van der Waals surface area contributed by atoms with Gasteiger partial charge in [-0.2, -0.15) is 0 Å². The first kappa shape index (κ1) is 20.1. The van der Waals surface area contributed by atoms with Gasteiger partial charge in [-0.05, 0) is 31.6 Å². The van der Waals surface area contributed by atoms with Crippen LogP contribution in [0.4, 0.5) is 10.5 Å². The van der Waals surface area contributed by atoms with Gasteiger partial charge in [0.05, 0.1) is 4.92 Å². The number of ether oxygens (including phenoxy) is 1. The molecule has 1 rings (SSSR count). The number of rotatable bonds is 6. The van der Waals surface area contributed by atoms with Crippen molar-refractivity contribution in [2.45, 2.75) is 19.9 Å². The van der Waals surface area contributed by atoms with Crippen LogP contribution in [-0.4, -0.2) is 35.5 Å². The fourth-order valence-electron chi connectivity index (χ4n) is 1.58. The summed E-state index contributed by atoms with van der Waals surface area (Å²) in [5.41, 5.74) is 0.0570. The molecule has 0 aliphatic heterocycles. The number of halogens is 1. The third-order valence-electron chi connectivity index (χ3n) is 2.60. The van der Waals surface area contributed by atoms with Crippen LogP contribution in [0.15, 0.2) is 24.3 Å². The minimum absolute atomic E-state index is 0.0268. The van der Waals surface area contributed by atoms with Gasteiger partial charge in [-0.1, -0.05) is 17.7 Å². The molecule has 9 nitrogen and oxygen atoms in total. The Morgan fingerprint density at radius 1 is 1.36 bits per heavy atom. The number of nitrogens with zero attached hydrogens (tertiary/aromatic N) is 1. The summed E-state index contributed by atoms with van der Waals surface area (Å²) in [6, 6.07) is 3.14. The van der Waals surface area contributed by atoms with Crippen molar-refractivity contribution in [3.05, 3.63) is 45.0 Å². The van der Waals surface area contributed by atoms with Gasteiger partial charge in [0.1, 0.15) is 5.02 Å². The average molecular weight is 370 g/mol. The van der Waals surface area contributed by atoms with Gasteiger partial charge in [0.2, 0.25) is 0 Å². The Labute approximate surface area is 148 Å². The standard InChI is InChI=1S/C15H16ClN3O6/c1-9(2)17-15(22)18-13(20)8-25-14(21)6-4-10-3-5-11(16)12(7-10)19(23)24/h3-7,9H,8H2,1-2H3,(H2,17,18,20,22)/b6-4+. The zero-order valence-corrected chi connectivity index (χ0v) is 14.2. The molecule has 0 fully saturated rings. The molecule has 0 heterocycles. The van der Waals surface area contributed by atoms with E-state index in [2.05, 4.69) is 10.1 Å². The molecule has 0 saturated heterocycles. The first-order valence-corrected chi connectivity index (χ1v) is 7.46. The molecular weight excluding hydrogens is 354 g/mol. The average Bonchev–Trinajstić information content (AvgIpc) is 2.50. The summed E-state index contributed by atoms with van der Waals surface area (Å²) in [6.45, 7) is 2.79. The molecule has 0 saturated carbocycles. The zero-order chi connectivity index (χ0) is 19.0. The van der Waals surface area contributed by atoms with E-state index < -0.39 is 29.4 Å². The Morgan fingerprint density at radius 2 is 2.04 bits per heavy atom. The first-order valence-electron chi connectivity index (χ1n) is 7.08. The van der Waals surface area contributed by atoms with Crippen LogP contribution in [0, 0.1) is 10.1 Å². The van der Waals surface area contributed by atoms with Gasteiger partial charge in [0.25, 0.3) is 11.6 Å². The molecule has 0 unspecified atom stereocenters. The van der Waals surface area contributed by atoms with Crippen molar-refractivity contribution in [1.29, 1.82) is 0 Å². The Kier molecular flexibility index (Phi) is 7.54. The second kappa shape index (κ2) is 9.38. The molecule has 3 amide bonds. The van der Waals surface area contributed by atoms with Crippen LogP contribution in [0.1, 0.15) is 19.4 Å². The summed E-state index contributed by atoms with van der Waals surface area (Å²) < 4.78 is 4.66. The van der Waals surface area contributed by atoms with Gasteiger partial charge in [-0.3, -0.25) is 20.2 Å². The fourth-order valence-corrected chi connectivity index (χ4v) is 1.77. The largest absolute Gasteiger partial charge is 0.452 e.